The summed E-state index contributed by atoms with van der Waals surface area (Å²) in [5.74, 6) is 1.00. The molecule has 2 aliphatic heterocycles. The molecule has 2 unspecified atom stereocenters. The fourth-order valence-electron chi connectivity index (χ4n) is 6.25. The van der Waals surface area contributed by atoms with Gasteiger partial charge in [-0.25, -0.2) is 0 Å². The molecule has 0 aliphatic carbocycles. The highest BCUT2D eigenvalue weighted by Gasteiger charge is 2.40. The van der Waals surface area contributed by atoms with Gasteiger partial charge in [-0.2, -0.15) is 0 Å². The summed E-state index contributed by atoms with van der Waals surface area (Å²) in [6, 6.07) is 26.9. The topological polar surface area (TPSA) is 49.9 Å². The molecule has 5 heteroatoms. The van der Waals surface area contributed by atoms with E-state index in [1.165, 1.54) is 16.7 Å². The first kappa shape index (κ1) is 26.9. The number of carbonyl (C=O) groups is 2. The van der Waals surface area contributed by atoms with Gasteiger partial charge >= 0.3 is 0 Å². The highest BCUT2D eigenvalue weighted by atomic mass is 16.5. The molecule has 2 aliphatic rings. The van der Waals surface area contributed by atoms with Gasteiger partial charge in [0.25, 0.3) is 5.91 Å². The highest BCUT2D eigenvalue weighted by Crippen LogP contribution is 2.43. The smallest absolute Gasteiger partial charge is 0.253 e. The Morgan fingerprint density at radius 2 is 1.31 bits per heavy atom. The summed E-state index contributed by atoms with van der Waals surface area (Å²) in [5, 5.41) is 0. The molecule has 0 aromatic heterocycles. The Morgan fingerprint density at radius 1 is 0.769 bits per heavy atom. The lowest BCUT2D eigenvalue weighted by molar-refractivity contribution is 0.0772. The van der Waals surface area contributed by atoms with Crippen LogP contribution in [0.1, 0.15) is 71.4 Å². The van der Waals surface area contributed by atoms with Crippen LogP contribution in [-0.2, 0) is 0 Å². The van der Waals surface area contributed by atoms with Crippen molar-refractivity contribution in [1.29, 1.82) is 0 Å². The van der Waals surface area contributed by atoms with Crippen LogP contribution in [0.15, 0.2) is 84.4 Å². The standard InChI is InChI=1S/C34H38N2O3/c1-4-35(5-2)34(38)27-13-11-26(12-14-27)33(25-9-7-6-8-10-25)28-21-29-17-18-30(22-28)36(29)23-32(37)24-15-19-31(39-3)20-16-24/h6-16,19-20,29-30H,4-5,17-18,21-23H2,1-3H3. The van der Waals surface area contributed by atoms with Gasteiger partial charge in [0.2, 0.25) is 0 Å². The average Bonchev–Trinajstić information content (AvgIpc) is 3.20. The molecule has 5 nitrogen and oxygen atoms in total. The van der Waals surface area contributed by atoms with Gasteiger partial charge in [0.05, 0.1) is 13.7 Å². The van der Waals surface area contributed by atoms with Crippen molar-refractivity contribution in [3.05, 3.63) is 107 Å². The summed E-state index contributed by atoms with van der Waals surface area (Å²) in [4.78, 5) is 30.3. The molecule has 0 spiro atoms. The van der Waals surface area contributed by atoms with E-state index < -0.39 is 0 Å². The number of carbonyl (C=O) groups excluding carboxylic acids is 2. The number of ketones is 1. The van der Waals surface area contributed by atoms with E-state index in [0.29, 0.717) is 31.7 Å². The molecule has 2 heterocycles. The van der Waals surface area contributed by atoms with Gasteiger partial charge in [0, 0.05) is 36.3 Å². The van der Waals surface area contributed by atoms with Gasteiger partial charge in [-0.1, -0.05) is 48.0 Å². The zero-order valence-corrected chi connectivity index (χ0v) is 23.2. The lowest BCUT2D eigenvalue weighted by Gasteiger charge is -2.37. The van der Waals surface area contributed by atoms with Crippen LogP contribution in [0, 0.1) is 0 Å². The number of nitrogens with zero attached hydrogens (tertiary/aromatic N) is 2. The van der Waals surface area contributed by atoms with Crippen molar-refractivity contribution >= 4 is 17.3 Å². The normalized spacial score (nSPS) is 18.6. The Bertz CT molecular complexity index is 1310. The van der Waals surface area contributed by atoms with Gasteiger partial charge in [-0.3, -0.25) is 14.5 Å². The first-order valence-electron chi connectivity index (χ1n) is 14.1. The summed E-state index contributed by atoms with van der Waals surface area (Å²) in [6.45, 7) is 5.89. The van der Waals surface area contributed by atoms with Crippen molar-refractivity contribution in [2.45, 2.75) is 51.6 Å². The summed E-state index contributed by atoms with van der Waals surface area (Å²) >= 11 is 0. The van der Waals surface area contributed by atoms with Crippen LogP contribution in [0.25, 0.3) is 5.57 Å². The van der Waals surface area contributed by atoms with Crippen molar-refractivity contribution in [3.8, 4) is 5.75 Å². The Morgan fingerprint density at radius 3 is 1.87 bits per heavy atom. The molecule has 0 N–H and O–H groups in total. The molecule has 2 saturated heterocycles. The third-order valence-electron chi connectivity index (χ3n) is 8.36. The number of fused-ring (bicyclic) bond motifs is 2. The third kappa shape index (κ3) is 5.69. The summed E-state index contributed by atoms with van der Waals surface area (Å²) < 4.78 is 5.24. The SMILES string of the molecule is CCN(CC)C(=O)c1ccc(C(=C2CC3CCC(C2)N3CC(=O)c2ccc(OC)cc2)c2ccccc2)cc1. The largest absolute Gasteiger partial charge is 0.497 e. The number of hydrogen-bond donors (Lipinski definition) is 0. The second-order valence-corrected chi connectivity index (χ2v) is 10.5. The molecular weight excluding hydrogens is 484 g/mol. The van der Waals surface area contributed by atoms with E-state index in [2.05, 4.69) is 47.4 Å². The van der Waals surface area contributed by atoms with E-state index in [4.69, 9.17) is 4.74 Å². The van der Waals surface area contributed by atoms with Crippen LogP contribution in [0.3, 0.4) is 0 Å². The minimum absolute atomic E-state index is 0.0772. The van der Waals surface area contributed by atoms with Crippen molar-refractivity contribution in [1.82, 2.24) is 9.80 Å². The summed E-state index contributed by atoms with van der Waals surface area (Å²) in [6.07, 6.45) is 4.14. The van der Waals surface area contributed by atoms with Crippen molar-refractivity contribution < 1.29 is 14.3 Å². The molecular formula is C34H38N2O3. The van der Waals surface area contributed by atoms with E-state index in [-0.39, 0.29) is 11.7 Å². The Hall–Kier alpha value is -3.70. The number of amides is 1. The lowest BCUT2D eigenvalue weighted by Crippen LogP contribution is -2.43. The summed E-state index contributed by atoms with van der Waals surface area (Å²) in [7, 11) is 1.64. The molecule has 1 amide bonds. The first-order valence-corrected chi connectivity index (χ1v) is 14.1. The van der Waals surface area contributed by atoms with Gasteiger partial charge < -0.3 is 9.64 Å². The number of ether oxygens (including phenoxy) is 1. The average molecular weight is 523 g/mol. The highest BCUT2D eigenvalue weighted by molar-refractivity contribution is 5.98. The van der Waals surface area contributed by atoms with Crippen LogP contribution >= 0.6 is 0 Å². The second-order valence-electron chi connectivity index (χ2n) is 10.5. The van der Waals surface area contributed by atoms with Crippen molar-refractivity contribution in [3.63, 3.8) is 0 Å². The molecule has 202 valence electrons. The summed E-state index contributed by atoms with van der Waals surface area (Å²) in [5.41, 5.74) is 6.54. The Labute approximate surface area is 232 Å². The monoisotopic (exact) mass is 522 g/mol. The van der Waals surface area contributed by atoms with Crippen LogP contribution in [0.5, 0.6) is 5.75 Å². The number of rotatable bonds is 9. The number of benzene rings is 3. The van der Waals surface area contributed by atoms with Gasteiger partial charge in [-0.05, 0) is 92.6 Å². The maximum Gasteiger partial charge on any atom is 0.253 e. The third-order valence-corrected chi connectivity index (χ3v) is 8.36. The van der Waals surface area contributed by atoms with Gasteiger partial charge in [-0.15, -0.1) is 0 Å². The number of Topliss-reactive ketones (excluding diaryl/α,β-unsaturated/α-hetero) is 1. The maximum absolute atomic E-state index is 13.1. The minimum atomic E-state index is 0.0772. The lowest BCUT2D eigenvalue weighted by atomic mass is 9.85. The molecule has 3 aromatic rings. The molecule has 5 rings (SSSR count). The first-order chi connectivity index (χ1) is 19.0. The van der Waals surface area contributed by atoms with Crippen molar-refractivity contribution in [2.24, 2.45) is 0 Å². The predicted molar refractivity (Wildman–Crippen MR) is 156 cm³/mol. The van der Waals surface area contributed by atoms with E-state index in [1.807, 2.05) is 55.1 Å². The fraction of sp³-hybridized carbons (Fsp3) is 0.353. The quantitative estimate of drug-likeness (QED) is 0.302. The van der Waals surface area contributed by atoms with Crippen molar-refractivity contribution in [2.75, 3.05) is 26.7 Å². The molecule has 0 saturated carbocycles. The predicted octanol–water partition coefficient (Wildman–Crippen LogP) is 6.49. The van der Waals surface area contributed by atoms with Gasteiger partial charge in [0.15, 0.2) is 5.78 Å². The van der Waals surface area contributed by atoms with Crippen LogP contribution < -0.4 is 4.74 Å². The molecule has 39 heavy (non-hydrogen) atoms. The maximum atomic E-state index is 13.1. The number of hydrogen-bond acceptors (Lipinski definition) is 4. The number of piperidine rings is 1. The second kappa shape index (κ2) is 12.0. The van der Waals surface area contributed by atoms with E-state index in [9.17, 15) is 9.59 Å². The van der Waals surface area contributed by atoms with Crippen LogP contribution in [0.2, 0.25) is 0 Å². The molecule has 2 fully saturated rings. The van der Waals surface area contributed by atoms with Crippen LogP contribution in [-0.4, -0.2) is 60.3 Å². The Kier molecular flexibility index (Phi) is 8.27. The number of methoxy groups -OCH3 is 1. The molecule has 3 aromatic carbocycles. The zero-order chi connectivity index (χ0) is 27.4. The Balaban J connectivity index is 1.41. The molecule has 0 radical (unpaired) electrons. The van der Waals surface area contributed by atoms with Gasteiger partial charge in [0.1, 0.15) is 5.75 Å². The molecule has 2 atom stereocenters. The van der Waals surface area contributed by atoms with E-state index in [1.54, 1.807) is 7.11 Å². The van der Waals surface area contributed by atoms with Crippen LogP contribution in [0.4, 0.5) is 0 Å². The zero-order valence-electron chi connectivity index (χ0n) is 23.2. The molecule has 2 bridgehead atoms. The van der Waals surface area contributed by atoms with E-state index in [0.717, 1.165) is 48.1 Å². The fourth-order valence-corrected chi connectivity index (χ4v) is 6.25. The minimum Gasteiger partial charge on any atom is -0.497 e. The van der Waals surface area contributed by atoms with E-state index >= 15 is 0 Å².